The summed E-state index contributed by atoms with van der Waals surface area (Å²) in [5.41, 5.74) is 3.32. The van der Waals surface area contributed by atoms with Gasteiger partial charge in [-0.2, -0.15) is 0 Å². The topological polar surface area (TPSA) is 86.3 Å². The van der Waals surface area contributed by atoms with Crippen molar-refractivity contribution >= 4 is 17.7 Å². The van der Waals surface area contributed by atoms with Gasteiger partial charge in [0.25, 0.3) is 0 Å². The van der Waals surface area contributed by atoms with Gasteiger partial charge in [0.05, 0.1) is 11.8 Å². The van der Waals surface area contributed by atoms with Crippen LogP contribution in [0.2, 0.25) is 0 Å². The summed E-state index contributed by atoms with van der Waals surface area (Å²) >= 11 is 1.26. The molecule has 0 bridgehead atoms. The lowest BCUT2D eigenvalue weighted by atomic mass is 10.1. The van der Waals surface area contributed by atoms with Crippen LogP contribution in [-0.2, 0) is 11.4 Å². The Bertz CT molecular complexity index is 1010. The number of hydrogen-bond donors (Lipinski definition) is 1. The molecular formula is C22H27N5O2S. The summed E-state index contributed by atoms with van der Waals surface area (Å²) in [7, 11) is 1.80. The Labute approximate surface area is 181 Å². The van der Waals surface area contributed by atoms with Gasteiger partial charge in [-0.25, -0.2) is 4.68 Å². The van der Waals surface area contributed by atoms with Crippen LogP contribution in [0.25, 0.3) is 0 Å². The third-order valence-corrected chi connectivity index (χ3v) is 5.93. The molecule has 158 valence electrons. The van der Waals surface area contributed by atoms with Crippen LogP contribution in [0, 0.1) is 13.8 Å². The lowest BCUT2D eigenvalue weighted by Gasteiger charge is -2.25. The van der Waals surface area contributed by atoms with Crippen molar-refractivity contribution in [3.63, 3.8) is 0 Å². The Hall–Kier alpha value is -3.00. The summed E-state index contributed by atoms with van der Waals surface area (Å²) in [5, 5.41) is 8.68. The zero-order valence-corrected chi connectivity index (χ0v) is 18.5. The number of hydrogen-bond acceptors (Lipinski definition) is 6. The van der Waals surface area contributed by atoms with E-state index in [0.717, 1.165) is 16.9 Å². The van der Waals surface area contributed by atoms with Crippen molar-refractivity contribution in [1.82, 2.24) is 19.8 Å². The van der Waals surface area contributed by atoms with Crippen molar-refractivity contribution in [2.75, 3.05) is 18.6 Å². The quantitative estimate of drug-likeness (QED) is 0.439. The molecule has 0 fully saturated rings. The van der Waals surface area contributed by atoms with Gasteiger partial charge in [-0.1, -0.05) is 59.8 Å². The maximum Gasteiger partial charge on any atom is 0.233 e. The van der Waals surface area contributed by atoms with Crippen molar-refractivity contribution in [2.24, 2.45) is 0 Å². The van der Waals surface area contributed by atoms with Crippen LogP contribution >= 0.6 is 11.8 Å². The summed E-state index contributed by atoms with van der Waals surface area (Å²) in [6.45, 7) is 6.24. The van der Waals surface area contributed by atoms with Crippen LogP contribution in [0.5, 0.6) is 5.75 Å². The number of aryl methyl sites for hydroxylation is 2. The second-order valence-electron chi connectivity index (χ2n) is 7.21. The molecule has 8 heteroatoms. The molecule has 0 aliphatic heterocycles. The molecule has 0 unspecified atom stereocenters. The van der Waals surface area contributed by atoms with Crippen LogP contribution < -0.4 is 10.6 Å². The lowest BCUT2D eigenvalue weighted by Crippen LogP contribution is -2.31. The summed E-state index contributed by atoms with van der Waals surface area (Å²) in [6.07, 6.45) is 0. The van der Waals surface area contributed by atoms with E-state index in [-0.39, 0.29) is 24.3 Å². The predicted molar refractivity (Wildman–Crippen MR) is 119 cm³/mol. The smallest absolute Gasteiger partial charge is 0.233 e. The largest absolute Gasteiger partial charge is 0.485 e. The highest BCUT2D eigenvalue weighted by Gasteiger charge is 2.19. The number of carbonyl (C=O) groups is 1. The highest BCUT2D eigenvalue weighted by atomic mass is 32.2. The fourth-order valence-electron chi connectivity index (χ4n) is 3.01. The first kappa shape index (κ1) is 21.7. The fourth-order valence-corrected chi connectivity index (χ4v) is 3.81. The SMILES string of the molecule is Cc1ccc(OCc2nnc(SCC(=O)N(C)[C@@H](C)c3ccccc3)n2N)c(C)c1. The molecule has 2 N–H and O–H groups in total. The maximum absolute atomic E-state index is 12.6. The second kappa shape index (κ2) is 9.67. The maximum atomic E-state index is 12.6. The molecule has 0 aliphatic rings. The van der Waals surface area contributed by atoms with Gasteiger partial charge in [0.1, 0.15) is 12.4 Å². The number of ether oxygens (including phenoxy) is 1. The van der Waals surface area contributed by atoms with E-state index in [0.29, 0.717) is 11.0 Å². The number of nitrogens with zero attached hydrogens (tertiary/aromatic N) is 4. The lowest BCUT2D eigenvalue weighted by molar-refractivity contribution is -0.128. The molecule has 7 nitrogen and oxygen atoms in total. The summed E-state index contributed by atoms with van der Waals surface area (Å²) in [6, 6.07) is 15.9. The minimum absolute atomic E-state index is 0.00701. The van der Waals surface area contributed by atoms with Crippen molar-refractivity contribution in [1.29, 1.82) is 0 Å². The Morgan fingerprint density at radius 1 is 1.20 bits per heavy atom. The number of nitrogens with two attached hydrogens (primary N) is 1. The Kier molecular flexibility index (Phi) is 6.99. The normalized spacial score (nSPS) is 11.9. The van der Waals surface area contributed by atoms with Crippen LogP contribution in [0.15, 0.2) is 53.7 Å². The monoisotopic (exact) mass is 425 g/mol. The summed E-state index contributed by atoms with van der Waals surface area (Å²) in [5.74, 6) is 7.60. The van der Waals surface area contributed by atoms with Gasteiger partial charge in [0.2, 0.25) is 11.1 Å². The van der Waals surface area contributed by atoms with E-state index in [1.165, 1.54) is 22.0 Å². The van der Waals surface area contributed by atoms with Crippen molar-refractivity contribution < 1.29 is 9.53 Å². The van der Waals surface area contributed by atoms with Crippen LogP contribution in [0.4, 0.5) is 0 Å². The molecule has 1 heterocycles. The molecule has 0 spiro atoms. The predicted octanol–water partition coefficient (Wildman–Crippen LogP) is 3.50. The molecule has 0 radical (unpaired) electrons. The minimum atomic E-state index is -0.0169. The van der Waals surface area contributed by atoms with Gasteiger partial charge < -0.3 is 15.5 Å². The number of carbonyl (C=O) groups excluding carboxylic acids is 1. The Morgan fingerprint density at radius 2 is 1.93 bits per heavy atom. The third-order valence-electron chi connectivity index (χ3n) is 5.00. The van der Waals surface area contributed by atoms with E-state index in [9.17, 15) is 4.79 Å². The van der Waals surface area contributed by atoms with E-state index in [1.807, 2.05) is 63.2 Å². The van der Waals surface area contributed by atoms with E-state index >= 15 is 0 Å². The van der Waals surface area contributed by atoms with Gasteiger partial charge in [-0.15, -0.1) is 10.2 Å². The van der Waals surface area contributed by atoms with Crippen LogP contribution in [0.3, 0.4) is 0 Å². The minimum Gasteiger partial charge on any atom is -0.485 e. The molecule has 1 atom stereocenters. The van der Waals surface area contributed by atoms with Crippen LogP contribution in [0.1, 0.15) is 35.5 Å². The second-order valence-corrected chi connectivity index (χ2v) is 8.15. The average molecular weight is 426 g/mol. The third kappa shape index (κ3) is 5.13. The molecule has 0 saturated heterocycles. The van der Waals surface area contributed by atoms with E-state index in [4.69, 9.17) is 10.6 Å². The van der Waals surface area contributed by atoms with Gasteiger partial charge in [0.15, 0.2) is 5.82 Å². The van der Waals surface area contributed by atoms with Gasteiger partial charge in [0, 0.05) is 7.05 Å². The zero-order chi connectivity index (χ0) is 21.7. The molecule has 3 aromatic rings. The highest BCUT2D eigenvalue weighted by molar-refractivity contribution is 7.99. The Balaban J connectivity index is 1.56. The summed E-state index contributed by atoms with van der Waals surface area (Å²) < 4.78 is 7.21. The average Bonchev–Trinajstić information content (AvgIpc) is 3.10. The first-order valence-electron chi connectivity index (χ1n) is 9.69. The van der Waals surface area contributed by atoms with Gasteiger partial charge in [-0.3, -0.25) is 4.79 Å². The van der Waals surface area contributed by atoms with Gasteiger partial charge >= 0.3 is 0 Å². The van der Waals surface area contributed by atoms with Gasteiger partial charge in [-0.05, 0) is 38.0 Å². The standard InChI is InChI=1S/C22H27N5O2S/c1-15-10-11-19(16(2)12-15)29-13-20-24-25-22(27(20)23)30-14-21(28)26(4)17(3)18-8-6-5-7-9-18/h5-12,17H,13-14,23H2,1-4H3/t17-/m0/s1. The molecule has 2 aromatic carbocycles. The number of rotatable bonds is 8. The first-order chi connectivity index (χ1) is 14.4. The molecule has 3 rings (SSSR count). The molecule has 1 aromatic heterocycles. The Morgan fingerprint density at radius 3 is 2.63 bits per heavy atom. The number of aromatic nitrogens is 3. The molecule has 0 saturated carbocycles. The van der Waals surface area contributed by atoms with Crippen molar-refractivity contribution in [3.05, 3.63) is 71.0 Å². The highest BCUT2D eigenvalue weighted by Crippen LogP contribution is 2.22. The van der Waals surface area contributed by atoms with Crippen molar-refractivity contribution in [2.45, 2.75) is 38.6 Å². The van der Waals surface area contributed by atoms with Crippen LogP contribution in [-0.4, -0.2) is 38.5 Å². The number of nitrogen functional groups attached to an aromatic ring is 1. The van der Waals surface area contributed by atoms with E-state index in [1.54, 1.807) is 11.9 Å². The molecule has 30 heavy (non-hydrogen) atoms. The molecular weight excluding hydrogens is 398 g/mol. The van der Waals surface area contributed by atoms with E-state index < -0.39 is 0 Å². The number of amides is 1. The zero-order valence-electron chi connectivity index (χ0n) is 17.7. The van der Waals surface area contributed by atoms with Crippen molar-refractivity contribution in [3.8, 4) is 5.75 Å². The fraction of sp³-hybridized carbons (Fsp3) is 0.318. The summed E-state index contributed by atoms with van der Waals surface area (Å²) in [4.78, 5) is 14.3. The molecule has 1 amide bonds. The van der Waals surface area contributed by atoms with E-state index in [2.05, 4.69) is 16.3 Å². The molecule has 0 aliphatic carbocycles. The first-order valence-corrected chi connectivity index (χ1v) is 10.7. The number of benzene rings is 2. The number of thioether (sulfide) groups is 1.